The van der Waals surface area contributed by atoms with Crippen molar-refractivity contribution in [1.29, 1.82) is 0 Å². The Labute approximate surface area is 154 Å². The van der Waals surface area contributed by atoms with Gasteiger partial charge in [-0.3, -0.25) is 4.79 Å². The van der Waals surface area contributed by atoms with Crippen molar-refractivity contribution in [3.8, 4) is 0 Å². The second-order valence-corrected chi connectivity index (χ2v) is 6.28. The molecule has 26 heavy (non-hydrogen) atoms. The quantitative estimate of drug-likeness (QED) is 0.748. The molecule has 0 radical (unpaired) electrons. The van der Waals surface area contributed by atoms with Crippen LogP contribution < -0.4 is 15.5 Å². The number of rotatable bonds is 7. The normalized spacial score (nSPS) is 14.1. The summed E-state index contributed by atoms with van der Waals surface area (Å²) in [5.41, 5.74) is 2.72. The summed E-state index contributed by atoms with van der Waals surface area (Å²) in [6.07, 6.45) is 3.65. The summed E-state index contributed by atoms with van der Waals surface area (Å²) in [5, 5.41) is 6.27. The maximum Gasteiger partial charge on any atom is 0.252 e. The largest absolute Gasteiger partial charge is 0.378 e. The van der Waals surface area contributed by atoms with Crippen LogP contribution in [-0.4, -0.2) is 43.7 Å². The van der Waals surface area contributed by atoms with Gasteiger partial charge < -0.3 is 20.3 Å². The first-order valence-electron chi connectivity index (χ1n) is 9.21. The number of morpholine rings is 1. The van der Waals surface area contributed by atoms with Crippen LogP contribution in [0.3, 0.4) is 0 Å². The number of unbranched alkanes of at least 4 members (excludes halogenated alkanes) is 1. The van der Waals surface area contributed by atoms with Crippen molar-refractivity contribution < 1.29 is 9.53 Å². The van der Waals surface area contributed by atoms with Crippen molar-refractivity contribution >= 4 is 23.1 Å². The van der Waals surface area contributed by atoms with Crippen LogP contribution in [0.5, 0.6) is 0 Å². The summed E-state index contributed by atoms with van der Waals surface area (Å²) in [4.78, 5) is 18.8. The number of hydrogen-bond acceptors (Lipinski definition) is 5. The lowest BCUT2D eigenvalue weighted by molar-refractivity contribution is 0.0953. The number of para-hydroxylation sites is 2. The van der Waals surface area contributed by atoms with Crippen LogP contribution in [0, 0.1) is 0 Å². The minimum absolute atomic E-state index is 0.0776. The number of aromatic nitrogens is 1. The van der Waals surface area contributed by atoms with Gasteiger partial charge in [0.1, 0.15) is 5.82 Å². The van der Waals surface area contributed by atoms with Gasteiger partial charge in [0.05, 0.1) is 30.2 Å². The Kier molecular flexibility index (Phi) is 6.44. The number of nitrogens with zero attached hydrogens (tertiary/aromatic N) is 2. The molecule has 1 aromatic heterocycles. The number of anilines is 3. The zero-order valence-electron chi connectivity index (χ0n) is 15.2. The number of amides is 1. The first-order valence-corrected chi connectivity index (χ1v) is 9.21. The van der Waals surface area contributed by atoms with E-state index in [-0.39, 0.29) is 5.91 Å². The highest BCUT2D eigenvalue weighted by atomic mass is 16.5. The molecule has 1 aromatic carbocycles. The number of carbonyl (C=O) groups excluding carboxylic acids is 1. The van der Waals surface area contributed by atoms with Gasteiger partial charge in [-0.15, -0.1) is 0 Å². The minimum Gasteiger partial charge on any atom is -0.378 e. The fourth-order valence-corrected chi connectivity index (χ4v) is 2.88. The third kappa shape index (κ3) is 4.73. The molecule has 1 aliphatic heterocycles. The molecular formula is C20H26N4O2. The highest BCUT2D eigenvalue weighted by molar-refractivity contribution is 5.94. The molecule has 1 aliphatic rings. The summed E-state index contributed by atoms with van der Waals surface area (Å²) >= 11 is 0. The maximum absolute atomic E-state index is 12.1. The molecule has 0 unspecified atom stereocenters. The second kappa shape index (κ2) is 9.20. The van der Waals surface area contributed by atoms with E-state index in [9.17, 15) is 4.79 Å². The molecule has 1 fully saturated rings. The predicted octanol–water partition coefficient (Wildman–Crippen LogP) is 3.19. The van der Waals surface area contributed by atoms with E-state index in [1.807, 2.05) is 24.3 Å². The lowest BCUT2D eigenvalue weighted by atomic mass is 10.2. The van der Waals surface area contributed by atoms with E-state index in [2.05, 4.69) is 33.5 Å². The maximum atomic E-state index is 12.1. The van der Waals surface area contributed by atoms with Gasteiger partial charge in [-0.2, -0.15) is 0 Å². The van der Waals surface area contributed by atoms with Crippen molar-refractivity contribution in [3.05, 3.63) is 48.2 Å². The van der Waals surface area contributed by atoms with E-state index in [4.69, 9.17) is 4.74 Å². The Bertz CT molecular complexity index is 712. The first-order chi connectivity index (χ1) is 12.8. The smallest absolute Gasteiger partial charge is 0.252 e. The van der Waals surface area contributed by atoms with Crippen LogP contribution >= 0.6 is 0 Å². The molecule has 2 heterocycles. The van der Waals surface area contributed by atoms with E-state index in [0.29, 0.717) is 12.1 Å². The summed E-state index contributed by atoms with van der Waals surface area (Å²) < 4.78 is 5.44. The summed E-state index contributed by atoms with van der Waals surface area (Å²) in [6, 6.07) is 11.8. The fraction of sp³-hybridized carbons (Fsp3) is 0.400. The van der Waals surface area contributed by atoms with Crippen molar-refractivity contribution in [2.24, 2.45) is 0 Å². The number of ether oxygens (including phenoxy) is 1. The molecule has 1 amide bonds. The van der Waals surface area contributed by atoms with Gasteiger partial charge in [0.25, 0.3) is 5.91 Å². The van der Waals surface area contributed by atoms with Gasteiger partial charge in [-0.1, -0.05) is 25.5 Å². The molecule has 0 spiro atoms. The molecule has 0 atom stereocenters. The van der Waals surface area contributed by atoms with Crippen molar-refractivity contribution in [3.63, 3.8) is 0 Å². The topological polar surface area (TPSA) is 66.5 Å². The third-order valence-electron chi connectivity index (χ3n) is 4.36. The Morgan fingerprint density at radius 2 is 2.00 bits per heavy atom. The lowest BCUT2D eigenvalue weighted by Gasteiger charge is -2.30. The van der Waals surface area contributed by atoms with Gasteiger partial charge in [-0.05, 0) is 30.7 Å². The minimum atomic E-state index is -0.0776. The fourth-order valence-electron chi connectivity index (χ4n) is 2.88. The van der Waals surface area contributed by atoms with E-state index in [1.54, 1.807) is 12.3 Å². The van der Waals surface area contributed by atoms with Crippen molar-refractivity contribution in [2.75, 3.05) is 43.1 Å². The monoisotopic (exact) mass is 354 g/mol. The zero-order chi connectivity index (χ0) is 18.2. The lowest BCUT2D eigenvalue weighted by Crippen LogP contribution is -2.36. The first kappa shape index (κ1) is 18.2. The second-order valence-electron chi connectivity index (χ2n) is 6.28. The summed E-state index contributed by atoms with van der Waals surface area (Å²) in [7, 11) is 0. The summed E-state index contributed by atoms with van der Waals surface area (Å²) in [5.74, 6) is 0.641. The van der Waals surface area contributed by atoms with E-state index < -0.39 is 0 Å². The van der Waals surface area contributed by atoms with Gasteiger partial charge in [-0.25, -0.2) is 4.98 Å². The molecule has 0 bridgehead atoms. The molecule has 0 saturated carbocycles. The Morgan fingerprint density at radius 1 is 1.19 bits per heavy atom. The molecule has 2 aromatic rings. The molecule has 6 nitrogen and oxygen atoms in total. The third-order valence-corrected chi connectivity index (χ3v) is 4.36. The van der Waals surface area contributed by atoms with E-state index in [0.717, 1.165) is 56.3 Å². The predicted molar refractivity (Wildman–Crippen MR) is 104 cm³/mol. The number of benzene rings is 1. The van der Waals surface area contributed by atoms with Crippen LogP contribution in [0.4, 0.5) is 17.2 Å². The van der Waals surface area contributed by atoms with Crippen LogP contribution in [0.25, 0.3) is 0 Å². The Morgan fingerprint density at radius 3 is 2.73 bits per heavy atom. The average molecular weight is 354 g/mol. The SMILES string of the molecule is CCCCNC(=O)c1ccc(Nc2ccccc2N2CCOCC2)nc1. The molecule has 6 heteroatoms. The molecular weight excluding hydrogens is 328 g/mol. The number of nitrogens with one attached hydrogen (secondary N) is 2. The van der Waals surface area contributed by atoms with Gasteiger partial charge in [0.2, 0.25) is 0 Å². The van der Waals surface area contributed by atoms with Crippen LogP contribution in [0.1, 0.15) is 30.1 Å². The van der Waals surface area contributed by atoms with E-state index in [1.165, 1.54) is 0 Å². The van der Waals surface area contributed by atoms with Gasteiger partial charge >= 0.3 is 0 Å². The van der Waals surface area contributed by atoms with Gasteiger partial charge in [0.15, 0.2) is 0 Å². The highest BCUT2D eigenvalue weighted by Gasteiger charge is 2.15. The van der Waals surface area contributed by atoms with Gasteiger partial charge in [0, 0.05) is 25.8 Å². The molecule has 1 saturated heterocycles. The number of carbonyl (C=O) groups is 1. The van der Waals surface area contributed by atoms with Crippen molar-refractivity contribution in [2.45, 2.75) is 19.8 Å². The molecule has 2 N–H and O–H groups in total. The zero-order valence-corrected chi connectivity index (χ0v) is 15.2. The molecule has 0 aliphatic carbocycles. The van der Waals surface area contributed by atoms with Crippen LogP contribution in [0.2, 0.25) is 0 Å². The summed E-state index contributed by atoms with van der Waals surface area (Å²) in [6.45, 7) is 6.04. The number of pyridine rings is 1. The highest BCUT2D eigenvalue weighted by Crippen LogP contribution is 2.28. The van der Waals surface area contributed by atoms with E-state index >= 15 is 0 Å². The molecule has 138 valence electrons. The molecule has 3 rings (SSSR count). The average Bonchev–Trinajstić information content (AvgIpc) is 2.70. The van der Waals surface area contributed by atoms with Crippen LogP contribution in [0.15, 0.2) is 42.6 Å². The Hall–Kier alpha value is -2.60. The Balaban J connectivity index is 1.67. The standard InChI is InChI=1S/C20H26N4O2/c1-2-3-10-21-20(25)16-8-9-19(22-15-16)23-17-6-4-5-7-18(17)24-11-13-26-14-12-24/h4-9,15H,2-3,10-14H2,1H3,(H,21,25)(H,22,23). The van der Waals surface area contributed by atoms with Crippen LogP contribution in [-0.2, 0) is 4.74 Å². The van der Waals surface area contributed by atoms with Crippen molar-refractivity contribution in [1.82, 2.24) is 10.3 Å². The number of hydrogen-bond donors (Lipinski definition) is 2.